The Kier molecular flexibility index (Phi) is 3.66. The van der Waals surface area contributed by atoms with Gasteiger partial charge >= 0.3 is 0 Å². The number of halogens is 2. The maximum absolute atomic E-state index is 13.1. The van der Waals surface area contributed by atoms with Gasteiger partial charge in [-0.15, -0.1) is 0 Å². The van der Waals surface area contributed by atoms with Crippen LogP contribution in [0.15, 0.2) is 28.9 Å². The molecule has 1 atom stereocenters. The predicted molar refractivity (Wildman–Crippen MR) is 76.3 cm³/mol. The minimum absolute atomic E-state index is 0.246. The highest BCUT2D eigenvalue weighted by Crippen LogP contribution is 2.29. The van der Waals surface area contributed by atoms with Crippen molar-refractivity contribution in [2.45, 2.75) is 25.3 Å². The Morgan fingerprint density at radius 1 is 1.32 bits per heavy atom. The average Bonchev–Trinajstić information content (AvgIpc) is 2.89. The number of benzene rings is 1. The molecule has 1 unspecified atom stereocenters. The smallest absolute Gasteiger partial charge is 0.124 e. The first-order valence-corrected chi connectivity index (χ1v) is 7.27. The largest absolute Gasteiger partial charge is 0.341 e. The molecule has 0 saturated carbocycles. The molecule has 1 fully saturated rings. The summed E-state index contributed by atoms with van der Waals surface area (Å²) >= 11 is 3.39. The molecule has 2 heterocycles. The summed E-state index contributed by atoms with van der Waals surface area (Å²) in [6.07, 6.45) is 5.38. The van der Waals surface area contributed by atoms with Crippen LogP contribution < -0.4 is 5.32 Å². The normalized spacial score (nSPS) is 19.6. The van der Waals surface area contributed by atoms with Gasteiger partial charge in [-0.1, -0.05) is 6.42 Å². The molecule has 1 aliphatic heterocycles. The van der Waals surface area contributed by atoms with Crippen LogP contribution in [-0.2, 0) is 0 Å². The van der Waals surface area contributed by atoms with Crippen molar-refractivity contribution in [2.75, 3.05) is 6.54 Å². The lowest BCUT2D eigenvalue weighted by Crippen LogP contribution is -2.27. The van der Waals surface area contributed by atoms with Gasteiger partial charge in [0.2, 0.25) is 0 Å². The number of aromatic nitrogens is 2. The summed E-state index contributed by atoms with van der Waals surface area (Å²) in [6.45, 7) is 1.04. The number of piperidine rings is 1. The molecule has 0 radical (unpaired) electrons. The Balaban J connectivity index is 1.87. The highest BCUT2D eigenvalue weighted by atomic mass is 79.9. The van der Waals surface area contributed by atoms with Gasteiger partial charge in [0, 0.05) is 10.0 Å². The van der Waals surface area contributed by atoms with Crippen LogP contribution in [0.3, 0.4) is 0 Å². The standard InChI is InChI=1S/C14H15BrFN3/c15-11-7-9(16)4-5-10(11)13-8-18-14(19-13)12-3-1-2-6-17-12/h4-5,7-8,12,17H,1-3,6H2,(H,18,19). The third kappa shape index (κ3) is 2.72. The first-order valence-electron chi connectivity index (χ1n) is 6.48. The lowest BCUT2D eigenvalue weighted by Gasteiger charge is -2.21. The maximum atomic E-state index is 13.1. The van der Waals surface area contributed by atoms with Crippen LogP contribution in [0.25, 0.3) is 11.3 Å². The minimum Gasteiger partial charge on any atom is -0.341 e. The molecule has 3 nitrogen and oxygen atoms in total. The molecule has 2 N–H and O–H groups in total. The SMILES string of the molecule is Fc1ccc(-c2cnc(C3CCCCN3)[nH]2)c(Br)c1. The van der Waals surface area contributed by atoms with Gasteiger partial charge in [0.05, 0.1) is 17.9 Å². The van der Waals surface area contributed by atoms with Crippen molar-refractivity contribution >= 4 is 15.9 Å². The second-order valence-corrected chi connectivity index (χ2v) is 5.66. The van der Waals surface area contributed by atoms with Crippen molar-refractivity contribution in [3.8, 4) is 11.3 Å². The number of rotatable bonds is 2. The summed E-state index contributed by atoms with van der Waals surface area (Å²) in [5, 5.41) is 3.46. The molecular weight excluding hydrogens is 309 g/mol. The molecule has 0 bridgehead atoms. The van der Waals surface area contributed by atoms with E-state index in [-0.39, 0.29) is 5.82 Å². The average molecular weight is 324 g/mol. The zero-order valence-corrected chi connectivity index (χ0v) is 12.0. The zero-order chi connectivity index (χ0) is 13.2. The van der Waals surface area contributed by atoms with E-state index in [0.717, 1.165) is 34.5 Å². The maximum Gasteiger partial charge on any atom is 0.124 e. The number of imidazole rings is 1. The Morgan fingerprint density at radius 3 is 2.95 bits per heavy atom. The molecular formula is C14H15BrFN3. The third-order valence-electron chi connectivity index (χ3n) is 3.46. The second kappa shape index (κ2) is 5.43. The van der Waals surface area contributed by atoms with Crippen molar-refractivity contribution < 1.29 is 4.39 Å². The number of H-pyrrole nitrogens is 1. The first-order chi connectivity index (χ1) is 9.24. The zero-order valence-electron chi connectivity index (χ0n) is 10.4. The topological polar surface area (TPSA) is 40.7 Å². The third-order valence-corrected chi connectivity index (χ3v) is 4.11. The van der Waals surface area contributed by atoms with Crippen LogP contribution in [0.2, 0.25) is 0 Å². The fourth-order valence-corrected chi connectivity index (χ4v) is 3.01. The van der Waals surface area contributed by atoms with E-state index in [1.807, 2.05) is 6.20 Å². The summed E-state index contributed by atoms with van der Waals surface area (Å²) in [4.78, 5) is 7.78. The van der Waals surface area contributed by atoms with E-state index in [2.05, 4.69) is 31.2 Å². The fraction of sp³-hybridized carbons (Fsp3) is 0.357. The van der Waals surface area contributed by atoms with Crippen molar-refractivity contribution in [3.05, 3.63) is 40.5 Å². The van der Waals surface area contributed by atoms with Crippen LogP contribution >= 0.6 is 15.9 Å². The molecule has 5 heteroatoms. The number of nitrogens with one attached hydrogen (secondary N) is 2. The number of hydrogen-bond acceptors (Lipinski definition) is 2. The van der Waals surface area contributed by atoms with Crippen molar-refractivity contribution in [1.82, 2.24) is 15.3 Å². The quantitative estimate of drug-likeness (QED) is 0.882. The Labute approximate surface area is 119 Å². The van der Waals surface area contributed by atoms with Gasteiger partial charge < -0.3 is 10.3 Å². The number of aromatic amines is 1. The molecule has 100 valence electrons. The molecule has 1 aromatic carbocycles. The molecule has 1 saturated heterocycles. The summed E-state index contributed by atoms with van der Waals surface area (Å²) in [5.41, 5.74) is 1.84. The van der Waals surface area contributed by atoms with Crippen LogP contribution in [0, 0.1) is 5.82 Å². The van der Waals surface area contributed by atoms with Crippen molar-refractivity contribution in [2.24, 2.45) is 0 Å². The van der Waals surface area contributed by atoms with Gasteiger partial charge in [-0.3, -0.25) is 0 Å². The van der Waals surface area contributed by atoms with Gasteiger partial charge in [0.1, 0.15) is 11.6 Å². The van der Waals surface area contributed by atoms with E-state index in [0.29, 0.717) is 6.04 Å². The van der Waals surface area contributed by atoms with Crippen molar-refractivity contribution in [1.29, 1.82) is 0 Å². The van der Waals surface area contributed by atoms with E-state index in [9.17, 15) is 4.39 Å². The van der Waals surface area contributed by atoms with E-state index in [1.165, 1.54) is 25.0 Å². The molecule has 1 aliphatic rings. The molecule has 0 amide bonds. The first kappa shape index (κ1) is 12.8. The van der Waals surface area contributed by atoms with Gasteiger partial charge in [0.15, 0.2) is 0 Å². The van der Waals surface area contributed by atoms with Gasteiger partial charge in [0.25, 0.3) is 0 Å². The van der Waals surface area contributed by atoms with Crippen LogP contribution in [0.4, 0.5) is 4.39 Å². The Morgan fingerprint density at radius 2 is 2.21 bits per heavy atom. The fourth-order valence-electron chi connectivity index (χ4n) is 2.44. The van der Waals surface area contributed by atoms with E-state index in [1.54, 1.807) is 6.07 Å². The predicted octanol–water partition coefficient (Wildman–Crippen LogP) is 3.79. The molecule has 0 aliphatic carbocycles. The van der Waals surface area contributed by atoms with Gasteiger partial charge in [-0.05, 0) is 53.5 Å². The highest BCUT2D eigenvalue weighted by molar-refractivity contribution is 9.10. The molecule has 19 heavy (non-hydrogen) atoms. The second-order valence-electron chi connectivity index (χ2n) is 4.81. The molecule has 3 rings (SSSR count). The summed E-state index contributed by atoms with van der Waals surface area (Å²) in [7, 11) is 0. The van der Waals surface area contributed by atoms with Gasteiger partial charge in [-0.25, -0.2) is 9.37 Å². The van der Waals surface area contributed by atoms with Crippen LogP contribution in [0.1, 0.15) is 31.1 Å². The van der Waals surface area contributed by atoms with Crippen molar-refractivity contribution in [3.63, 3.8) is 0 Å². The van der Waals surface area contributed by atoms with E-state index in [4.69, 9.17) is 0 Å². The number of hydrogen-bond donors (Lipinski definition) is 2. The van der Waals surface area contributed by atoms with E-state index >= 15 is 0 Å². The summed E-state index contributed by atoms with van der Waals surface area (Å²) in [5.74, 6) is 0.718. The minimum atomic E-state index is -0.246. The molecule has 1 aromatic heterocycles. The molecule has 2 aromatic rings. The summed E-state index contributed by atoms with van der Waals surface area (Å²) in [6, 6.07) is 4.99. The Bertz CT molecular complexity index is 576. The lowest BCUT2D eigenvalue weighted by molar-refractivity contribution is 0.399. The monoisotopic (exact) mass is 323 g/mol. The molecule has 0 spiro atoms. The summed E-state index contributed by atoms with van der Waals surface area (Å²) < 4.78 is 13.8. The number of nitrogens with zero attached hydrogens (tertiary/aromatic N) is 1. The van der Waals surface area contributed by atoms with E-state index < -0.39 is 0 Å². The Hall–Kier alpha value is -1.20. The van der Waals surface area contributed by atoms with Crippen LogP contribution in [-0.4, -0.2) is 16.5 Å². The lowest BCUT2D eigenvalue weighted by atomic mass is 10.0. The van der Waals surface area contributed by atoms with Gasteiger partial charge in [-0.2, -0.15) is 0 Å². The highest BCUT2D eigenvalue weighted by Gasteiger charge is 2.18. The van der Waals surface area contributed by atoms with Crippen LogP contribution in [0.5, 0.6) is 0 Å².